The van der Waals surface area contributed by atoms with Crippen molar-refractivity contribution in [2.45, 2.75) is 66.1 Å². The average molecular weight is 507 g/mol. The Morgan fingerprint density at radius 1 is 1.06 bits per heavy atom. The summed E-state index contributed by atoms with van der Waals surface area (Å²) < 4.78 is 18.3. The molecule has 0 bridgehead atoms. The highest BCUT2D eigenvalue weighted by molar-refractivity contribution is 5.91. The number of carbonyl (C=O) groups excluding carboxylic acids is 4. The van der Waals surface area contributed by atoms with E-state index in [1.807, 2.05) is 0 Å². The Morgan fingerprint density at radius 2 is 1.67 bits per heavy atom. The molecule has 1 aliphatic heterocycles. The number of aromatic nitrogens is 4. The SMILES string of the molecule is CC(=O)O[C@@H]1[C@H](OC(C)=O)[C@@H](CNC(=O)C(C)C)O[C@H]1n1cnc2c(=O)[nH]c(NC(=O)C(C)C)nc21. The Kier molecular flexibility index (Phi) is 8.07. The van der Waals surface area contributed by atoms with E-state index in [1.165, 1.54) is 24.7 Å². The quantitative estimate of drug-likeness (QED) is 0.419. The number of aromatic amines is 1. The summed E-state index contributed by atoms with van der Waals surface area (Å²) in [5.41, 5.74) is -0.631. The molecule has 14 nitrogen and oxygen atoms in total. The summed E-state index contributed by atoms with van der Waals surface area (Å²) >= 11 is 0. The fourth-order valence-electron chi connectivity index (χ4n) is 3.59. The van der Waals surface area contributed by atoms with Gasteiger partial charge in [0.25, 0.3) is 5.56 Å². The minimum Gasteiger partial charge on any atom is -0.456 e. The van der Waals surface area contributed by atoms with E-state index < -0.39 is 42.0 Å². The summed E-state index contributed by atoms with van der Waals surface area (Å²) in [7, 11) is 0. The smallest absolute Gasteiger partial charge is 0.303 e. The van der Waals surface area contributed by atoms with Gasteiger partial charge in [-0.1, -0.05) is 27.7 Å². The van der Waals surface area contributed by atoms with Gasteiger partial charge >= 0.3 is 11.9 Å². The van der Waals surface area contributed by atoms with Gasteiger partial charge in [0, 0.05) is 32.2 Å². The normalized spacial score (nSPS) is 21.6. The van der Waals surface area contributed by atoms with Gasteiger partial charge in [0.05, 0.1) is 6.33 Å². The molecule has 2 aromatic heterocycles. The van der Waals surface area contributed by atoms with Crippen molar-refractivity contribution in [1.82, 2.24) is 24.8 Å². The second-order valence-corrected chi connectivity index (χ2v) is 9.00. The monoisotopic (exact) mass is 506 g/mol. The molecule has 0 aliphatic carbocycles. The lowest BCUT2D eigenvalue weighted by Gasteiger charge is -2.24. The van der Waals surface area contributed by atoms with Gasteiger partial charge in [0.1, 0.15) is 6.10 Å². The molecular weight excluding hydrogens is 476 g/mol. The van der Waals surface area contributed by atoms with Crippen molar-refractivity contribution in [2.24, 2.45) is 11.8 Å². The number of imidazole rings is 1. The predicted octanol–water partition coefficient (Wildman–Crippen LogP) is 0.247. The molecule has 4 atom stereocenters. The summed E-state index contributed by atoms with van der Waals surface area (Å²) in [5, 5.41) is 5.24. The van der Waals surface area contributed by atoms with E-state index in [1.54, 1.807) is 27.7 Å². The Bertz CT molecular complexity index is 1220. The first kappa shape index (κ1) is 26.8. The van der Waals surface area contributed by atoms with E-state index in [-0.39, 0.29) is 47.3 Å². The molecule has 0 radical (unpaired) electrons. The van der Waals surface area contributed by atoms with Gasteiger partial charge in [-0.15, -0.1) is 0 Å². The number of hydrogen-bond donors (Lipinski definition) is 3. The highest BCUT2D eigenvalue weighted by Crippen LogP contribution is 2.35. The van der Waals surface area contributed by atoms with Gasteiger partial charge in [-0.05, 0) is 0 Å². The maximum Gasteiger partial charge on any atom is 0.303 e. The lowest BCUT2D eigenvalue weighted by Crippen LogP contribution is -2.44. The van der Waals surface area contributed by atoms with E-state index >= 15 is 0 Å². The topological polar surface area (TPSA) is 184 Å². The van der Waals surface area contributed by atoms with Gasteiger partial charge in [0.15, 0.2) is 29.6 Å². The minimum atomic E-state index is -1.15. The minimum absolute atomic E-state index is 0.0356. The van der Waals surface area contributed by atoms with Crippen molar-refractivity contribution in [1.29, 1.82) is 0 Å². The first-order valence-corrected chi connectivity index (χ1v) is 11.4. The fraction of sp³-hybridized carbons (Fsp3) is 0.591. The van der Waals surface area contributed by atoms with Gasteiger partial charge < -0.3 is 19.5 Å². The van der Waals surface area contributed by atoms with Crippen LogP contribution < -0.4 is 16.2 Å². The van der Waals surface area contributed by atoms with Gasteiger partial charge in [0.2, 0.25) is 17.8 Å². The molecular formula is C22H30N6O8. The van der Waals surface area contributed by atoms with Gasteiger partial charge in [-0.2, -0.15) is 4.98 Å². The first-order chi connectivity index (χ1) is 16.9. The first-order valence-electron chi connectivity index (χ1n) is 11.4. The standard InChI is InChI=1S/C22H30N6O8/c1-9(2)18(31)23-7-13-15(34-11(5)29)16(35-12(6)30)21(36-13)28-8-24-14-17(28)25-22(27-20(14)33)26-19(32)10(3)4/h8-10,13,15-16,21H,7H2,1-6H3,(H,23,31)(H2,25,26,27,32,33)/t13-,15-,16-,21-/m1/s1. The summed E-state index contributed by atoms with van der Waals surface area (Å²) in [5.74, 6) is -2.70. The molecule has 0 unspecified atom stereocenters. The molecule has 0 aromatic carbocycles. The van der Waals surface area contributed by atoms with Crippen molar-refractivity contribution < 1.29 is 33.4 Å². The zero-order chi connectivity index (χ0) is 26.7. The van der Waals surface area contributed by atoms with Crippen LogP contribution >= 0.6 is 0 Å². The van der Waals surface area contributed by atoms with Crippen molar-refractivity contribution in [2.75, 3.05) is 11.9 Å². The third-order valence-electron chi connectivity index (χ3n) is 5.36. The maximum atomic E-state index is 12.6. The number of carbonyl (C=O) groups is 4. The third-order valence-corrected chi connectivity index (χ3v) is 5.36. The van der Waals surface area contributed by atoms with Crippen LogP contribution in [0.1, 0.15) is 47.8 Å². The number of esters is 2. The van der Waals surface area contributed by atoms with Crippen molar-refractivity contribution in [3.63, 3.8) is 0 Å². The molecule has 1 saturated heterocycles. The van der Waals surface area contributed by atoms with Crippen molar-refractivity contribution in [3.05, 3.63) is 16.7 Å². The largest absolute Gasteiger partial charge is 0.456 e. The molecule has 3 N–H and O–H groups in total. The van der Waals surface area contributed by atoms with Crippen LogP contribution in [-0.4, -0.2) is 68.1 Å². The van der Waals surface area contributed by atoms with Crippen molar-refractivity contribution in [3.8, 4) is 0 Å². The van der Waals surface area contributed by atoms with E-state index in [4.69, 9.17) is 14.2 Å². The second kappa shape index (κ2) is 10.8. The van der Waals surface area contributed by atoms with E-state index in [9.17, 15) is 24.0 Å². The van der Waals surface area contributed by atoms with Crippen molar-refractivity contribution >= 4 is 40.9 Å². The molecule has 0 spiro atoms. The summed E-state index contributed by atoms with van der Waals surface area (Å²) in [6.07, 6.45) is -2.98. The predicted molar refractivity (Wildman–Crippen MR) is 124 cm³/mol. The highest BCUT2D eigenvalue weighted by Gasteiger charge is 2.50. The molecule has 2 aromatic rings. The number of fused-ring (bicyclic) bond motifs is 1. The molecule has 1 aliphatic rings. The number of hydrogen-bond acceptors (Lipinski definition) is 10. The van der Waals surface area contributed by atoms with Gasteiger partial charge in [-0.3, -0.25) is 38.8 Å². The fourth-order valence-corrected chi connectivity index (χ4v) is 3.59. The maximum absolute atomic E-state index is 12.6. The average Bonchev–Trinajstić information content (AvgIpc) is 3.33. The zero-order valence-corrected chi connectivity index (χ0v) is 20.9. The number of nitrogens with zero attached hydrogens (tertiary/aromatic N) is 3. The lowest BCUT2D eigenvalue weighted by atomic mass is 10.1. The number of rotatable bonds is 8. The van der Waals surface area contributed by atoms with Gasteiger partial charge in [-0.25, -0.2) is 4.98 Å². The zero-order valence-electron chi connectivity index (χ0n) is 20.9. The van der Waals surface area contributed by atoms with E-state index in [2.05, 4.69) is 25.6 Å². The van der Waals surface area contributed by atoms with Crippen LogP contribution in [-0.2, 0) is 33.4 Å². The molecule has 3 rings (SSSR count). The van der Waals surface area contributed by atoms with Crippen LogP contribution in [0.25, 0.3) is 11.2 Å². The van der Waals surface area contributed by atoms with Crippen LogP contribution in [0.15, 0.2) is 11.1 Å². The number of anilines is 1. The Hall–Kier alpha value is -3.81. The Morgan fingerprint density at radius 3 is 2.25 bits per heavy atom. The second-order valence-electron chi connectivity index (χ2n) is 9.00. The molecule has 196 valence electrons. The Balaban J connectivity index is 2.03. The summed E-state index contributed by atoms with van der Waals surface area (Å²) in [6.45, 7) is 9.13. The van der Waals surface area contributed by atoms with Crippen LogP contribution in [0.3, 0.4) is 0 Å². The highest BCUT2D eigenvalue weighted by atomic mass is 16.6. The molecule has 2 amide bonds. The molecule has 0 saturated carbocycles. The molecule has 3 heterocycles. The molecule has 14 heteroatoms. The van der Waals surface area contributed by atoms with Crippen LogP contribution in [0.5, 0.6) is 0 Å². The number of nitrogens with one attached hydrogen (secondary N) is 3. The molecule has 36 heavy (non-hydrogen) atoms. The van der Waals surface area contributed by atoms with E-state index in [0.717, 1.165) is 0 Å². The van der Waals surface area contributed by atoms with Crippen LogP contribution in [0.4, 0.5) is 5.95 Å². The van der Waals surface area contributed by atoms with Crippen LogP contribution in [0, 0.1) is 11.8 Å². The summed E-state index contributed by atoms with van der Waals surface area (Å²) in [6, 6.07) is 0. The Labute approximate surface area is 206 Å². The number of amides is 2. The molecule has 1 fully saturated rings. The van der Waals surface area contributed by atoms with E-state index in [0.29, 0.717) is 0 Å². The lowest BCUT2D eigenvalue weighted by molar-refractivity contribution is -0.165. The number of ether oxygens (including phenoxy) is 3. The van der Waals surface area contributed by atoms with Crippen LogP contribution in [0.2, 0.25) is 0 Å². The third kappa shape index (κ3) is 5.87. The number of H-pyrrole nitrogens is 1. The summed E-state index contributed by atoms with van der Waals surface area (Å²) in [4.78, 5) is 71.5.